The lowest BCUT2D eigenvalue weighted by molar-refractivity contribution is 1.12. The van der Waals surface area contributed by atoms with Crippen LogP contribution in [0.15, 0.2) is 30.6 Å². The van der Waals surface area contributed by atoms with Crippen molar-refractivity contribution < 1.29 is 0 Å². The van der Waals surface area contributed by atoms with E-state index in [0.717, 1.165) is 22.3 Å². The Bertz CT molecular complexity index is 1780. The van der Waals surface area contributed by atoms with Gasteiger partial charge in [-0.25, -0.2) is 9.97 Å². The molecule has 0 aliphatic rings. The van der Waals surface area contributed by atoms with Crippen molar-refractivity contribution in [3.05, 3.63) is 86.2 Å². The van der Waals surface area contributed by atoms with E-state index in [0.29, 0.717) is 17.0 Å². The van der Waals surface area contributed by atoms with E-state index in [1.807, 2.05) is 24.3 Å². The van der Waals surface area contributed by atoms with Crippen molar-refractivity contribution >= 4 is 21.8 Å². The maximum atomic E-state index is 10.3. The van der Waals surface area contributed by atoms with Crippen LogP contribution in [0.25, 0.3) is 38.9 Å². The van der Waals surface area contributed by atoms with Crippen LogP contribution in [0.1, 0.15) is 55.6 Å². The van der Waals surface area contributed by atoms with Crippen LogP contribution in [0.2, 0.25) is 0 Å². The van der Waals surface area contributed by atoms with Crippen molar-refractivity contribution in [1.29, 1.82) is 10.5 Å². The molecule has 0 fully saturated rings. The zero-order valence-corrected chi connectivity index (χ0v) is 22.6. The second-order valence-electron chi connectivity index (χ2n) is 10.0. The first-order chi connectivity index (χ1) is 17.6. The van der Waals surface area contributed by atoms with Crippen LogP contribution >= 0.6 is 0 Å². The molecule has 0 amide bonds. The zero-order chi connectivity index (χ0) is 26.8. The van der Waals surface area contributed by atoms with E-state index in [2.05, 4.69) is 76.0 Å². The van der Waals surface area contributed by atoms with Crippen LogP contribution in [-0.4, -0.2) is 14.5 Å². The molecule has 5 nitrogen and oxygen atoms in total. The summed E-state index contributed by atoms with van der Waals surface area (Å²) in [5.41, 5.74) is 15.1. The summed E-state index contributed by atoms with van der Waals surface area (Å²) < 4.78 is 2.30. The molecule has 0 saturated carbocycles. The third kappa shape index (κ3) is 3.35. The minimum atomic E-state index is 0.402. The third-order valence-electron chi connectivity index (χ3n) is 8.40. The molecule has 0 N–H and O–H groups in total. The van der Waals surface area contributed by atoms with Gasteiger partial charge in [0.25, 0.3) is 0 Å². The summed E-state index contributed by atoms with van der Waals surface area (Å²) in [7, 11) is 0. The van der Waals surface area contributed by atoms with Gasteiger partial charge in [-0.3, -0.25) is 0 Å². The number of nitrogens with zero attached hydrogens (tertiary/aromatic N) is 5. The van der Waals surface area contributed by atoms with Crippen molar-refractivity contribution in [2.24, 2.45) is 0 Å². The van der Waals surface area contributed by atoms with Gasteiger partial charge in [-0.05, 0) is 118 Å². The average Bonchev–Trinajstić information content (AvgIpc) is 3.28. The van der Waals surface area contributed by atoms with Crippen LogP contribution in [-0.2, 0) is 0 Å². The largest absolute Gasteiger partial charge is 0.307 e. The Balaban J connectivity index is 1.95. The van der Waals surface area contributed by atoms with Crippen molar-refractivity contribution in [3.63, 3.8) is 0 Å². The van der Waals surface area contributed by atoms with Crippen LogP contribution in [0.3, 0.4) is 0 Å². The predicted molar refractivity (Wildman–Crippen MR) is 149 cm³/mol. The number of hydrogen-bond donors (Lipinski definition) is 0. The highest BCUT2D eigenvalue weighted by Gasteiger charge is 2.25. The van der Waals surface area contributed by atoms with Gasteiger partial charge in [0, 0.05) is 28.7 Å². The molecule has 37 heavy (non-hydrogen) atoms. The summed E-state index contributed by atoms with van der Waals surface area (Å²) in [5.74, 6) is 0.487. The van der Waals surface area contributed by atoms with E-state index in [4.69, 9.17) is 5.26 Å². The van der Waals surface area contributed by atoms with Gasteiger partial charge in [0.15, 0.2) is 5.82 Å². The van der Waals surface area contributed by atoms with E-state index in [1.54, 1.807) is 0 Å². The molecule has 0 aliphatic heterocycles. The molecule has 0 radical (unpaired) electrons. The summed E-state index contributed by atoms with van der Waals surface area (Å²) in [6.45, 7) is 17.6. The summed E-state index contributed by atoms with van der Waals surface area (Å²) in [6, 6.07) is 10.3. The Morgan fingerprint density at radius 2 is 1.11 bits per heavy atom. The van der Waals surface area contributed by atoms with Crippen molar-refractivity contribution in [1.82, 2.24) is 14.5 Å². The molecule has 0 unspecified atom stereocenters. The fraction of sp³-hybridized carbons (Fsp3) is 0.250. The van der Waals surface area contributed by atoms with Crippen molar-refractivity contribution in [3.8, 4) is 29.2 Å². The number of hydrogen-bond acceptors (Lipinski definition) is 4. The van der Waals surface area contributed by atoms with Crippen LogP contribution < -0.4 is 0 Å². The van der Waals surface area contributed by atoms with E-state index < -0.39 is 0 Å². The lowest BCUT2D eigenvalue weighted by Crippen LogP contribution is -2.03. The molecule has 2 aromatic heterocycles. The number of aromatic nitrogens is 3. The summed E-state index contributed by atoms with van der Waals surface area (Å²) in [4.78, 5) is 8.66. The fourth-order valence-electron chi connectivity index (χ4n) is 5.60. The van der Waals surface area contributed by atoms with Gasteiger partial charge in [0.05, 0.1) is 27.8 Å². The second kappa shape index (κ2) is 8.57. The molecule has 5 rings (SSSR count). The normalized spacial score (nSPS) is 11.2. The van der Waals surface area contributed by atoms with Crippen LogP contribution in [0.4, 0.5) is 0 Å². The second-order valence-corrected chi connectivity index (χ2v) is 10.0. The maximum absolute atomic E-state index is 10.3. The van der Waals surface area contributed by atoms with Gasteiger partial charge in [-0.15, -0.1) is 0 Å². The number of aryl methyl sites for hydroxylation is 4. The Kier molecular flexibility index (Phi) is 5.61. The zero-order valence-electron chi connectivity index (χ0n) is 22.6. The summed E-state index contributed by atoms with van der Waals surface area (Å²) >= 11 is 0. The molecule has 5 aromatic rings. The quantitative estimate of drug-likeness (QED) is 0.261. The van der Waals surface area contributed by atoms with E-state index >= 15 is 0 Å². The molecular weight excluding hydrogens is 454 g/mol. The Labute approximate surface area is 217 Å². The van der Waals surface area contributed by atoms with Gasteiger partial charge in [-0.1, -0.05) is 0 Å². The number of nitriles is 2. The number of rotatable bonds is 2. The standard InChI is InChI=1S/C32H29N5/c1-16-18(3)22(7)30-28(20(16)5)29-21(6)17(2)19(4)23(8)31(29)37(30)27-10-9-25(11-26(27)13-34)32-35-14-24(12-33)15-36-32/h9-11,14-15H,1-8H3. The molecule has 0 saturated heterocycles. The van der Waals surface area contributed by atoms with Gasteiger partial charge < -0.3 is 4.57 Å². The van der Waals surface area contributed by atoms with E-state index in [9.17, 15) is 5.26 Å². The first-order valence-corrected chi connectivity index (χ1v) is 12.4. The summed E-state index contributed by atoms with van der Waals surface area (Å²) in [5, 5.41) is 21.9. The van der Waals surface area contributed by atoms with Gasteiger partial charge in [-0.2, -0.15) is 10.5 Å². The molecule has 3 aromatic carbocycles. The van der Waals surface area contributed by atoms with Crippen LogP contribution in [0, 0.1) is 78.1 Å². The molecule has 0 aliphatic carbocycles. The highest BCUT2D eigenvalue weighted by atomic mass is 15.0. The number of fused-ring (bicyclic) bond motifs is 3. The molecule has 0 atom stereocenters. The minimum absolute atomic E-state index is 0.402. The maximum Gasteiger partial charge on any atom is 0.159 e. The van der Waals surface area contributed by atoms with Gasteiger partial charge in [0.2, 0.25) is 0 Å². The Morgan fingerprint density at radius 3 is 1.57 bits per heavy atom. The number of benzene rings is 3. The van der Waals surface area contributed by atoms with Crippen molar-refractivity contribution in [2.75, 3.05) is 0 Å². The lowest BCUT2D eigenvalue weighted by atomic mass is 9.90. The molecule has 2 heterocycles. The first-order valence-electron chi connectivity index (χ1n) is 12.4. The molecule has 182 valence electrons. The lowest BCUT2D eigenvalue weighted by Gasteiger charge is -2.17. The molecular formula is C32H29N5. The molecule has 5 heteroatoms. The minimum Gasteiger partial charge on any atom is -0.307 e. The molecule has 0 bridgehead atoms. The Hall–Kier alpha value is -4.48. The first kappa shape index (κ1) is 24.2. The highest BCUT2D eigenvalue weighted by Crippen LogP contribution is 2.44. The van der Waals surface area contributed by atoms with Crippen LogP contribution in [0.5, 0.6) is 0 Å². The monoisotopic (exact) mass is 483 g/mol. The predicted octanol–water partition coefficient (Wildman–Crippen LogP) is 7.45. The van der Waals surface area contributed by atoms with Gasteiger partial charge >= 0.3 is 0 Å². The van der Waals surface area contributed by atoms with E-state index in [-0.39, 0.29) is 0 Å². The average molecular weight is 484 g/mol. The van der Waals surface area contributed by atoms with E-state index in [1.165, 1.54) is 67.7 Å². The summed E-state index contributed by atoms with van der Waals surface area (Å²) in [6.07, 6.45) is 3.01. The highest BCUT2D eigenvalue weighted by molar-refractivity contribution is 6.15. The van der Waals surface area contributed by atoms with Crippen molar-refractivity contribution in [2.45, 2.75) is 55.4 Å². The SMILES string of the molecule is Cc1c(C)c(C)c2c(c1C)c1c(C)c(C)c(C)c(C)c1n2-c1ccc(-c2ncc(C#N)cn2)cc1C#N. The third-order valence-corrected chi connectivity index (χ3v) is 8.40. The topological polar surface area (TPSA) is 78.3 Å². The smallest absolute Gasteiger partial charge is 0.159 e. The Morgan fingerprint density at radius 1 is 0.622 bits per heavy atom. The molecule has 0 spiro atoms. The fourth-order valence-corrected chi connectivity index (χ4v) is 5.60. The van der Waals surface area contributed by atoms with Gasteiger partial charge in [0.1, 0.15) is 12.1 Å².